The van der Waals surface area contributed by atoms with Crippen LogP contribution in [-0.4, -0.2) is 29.1 Å². The Hall–Kier alpha value is -2.69. The Labute approximate surface area is 149 Å². The first kappa shape index (κ1) is 19.6. The summed E-state index contributed by atoms with van der Waals surface area (Å²) in [6.45, 7) is 2.73. The zero-order chi connectivity index (χ0) is 19.7. The van der Waals surface area contributed by atoms with Crippen molar-refractivity contribution in [3.05, 3.63) is 35.5 Å². The lowest BCUT2D eigenvalue weighted by molar-refractivity contribution is -0.222. The minimum Gasteiger partial charge on any atom is -0.419 e. The average Bonchev–Trinajstić information content (AvgIpc) is 2.42. The highest BCUT2D eigenvalue weighted by molar-refractivity contribution is 8.00. The molecule has 0 radical (unpaired) electrons. The number of nitrogens with two attached hydrogens (primary N) is 1. The summed E-state index contributed by atoms with van der Waals surface area (Å²) in [6, 6.07) is 3.22. The predicted molar refractivity (Wildman–Crippen MR) is 84.8 cm³/mol. The Bertz CT molecular complexity index is 783. The van der Waals surface area contributed by atoms with Crippen LogP contribution in [0.5, 0.6) is 0 Å². The molecule has 0 aromatic heterocycles. The Balaban J connectivity index is 2.29. The third-order valence-corrected chi connectivity index (χ3v) is 3.63. The van der Waals surface area contributed by atoms with Crippen molar-refractivity contribution in [2.75, 3.05) is 5.32 Å². The molecule has 1 fully saturated rings. The maximum Gasteiger partial charge on any atom is 0.446 e. The van der Waals surface area contributed by atoms with Crippen molar-refractivity contribution in [2.24, 2.45) is 5.73 Å². The number of hydrogen-bond donors (Lipinski definition) is 2. The van der Waals surface area contributed by atoms with Gasteiger partial charge in [-0.2, -0.15) is 13.2 Å². The number of nitrogens with one attached hydrogen (secondary N) is 1. The number of carbonyl (C=O) groups excluding carboxylic acids is 3. The molecule has 1 aliphatic rings. The zero-order valence-corrected chi connectivity index (χ0v) is 14.3. The van der Waals surface area contributed by atoms with E-state index >= 15 is 0 Å². The van der Waals surface area contributed by atoms with E-state index in [2.05, 4.69) is 5.32 Å². The Morgan fingerprint density at radius 1 is 1.19 bits per heavy atom. The van der Waals surface area contributed by atoms with E-state index < -0.39 is 46.5 Å². The lowest BCUT2D eigenvalue weighted by Gasteiger charge is -2.29. The summed E-state index contributed by atoms with van der Waals surface area (Å²) in [4.78, 5) is 34.6. The predicted octanol–water partition coefficient (Wildman–Crippen LogP) is 2.53. The molecule has 3 N–H and O–H groups in total. The van der Waals surface area contributed by atoms with Crippen molar-refractivity contribution >= 4 is 35.3 Å². The molecule has 0 atom stereocenters. The number of thioether (sulfide) groups is 1. The van der Waals surface area contributed by atoms with Crippen LogP contribution in [0.25, 0.3) is 0 Å². The normalized spacial score (nSPS) is 16.6. The third-order valence-electron chi connectivity index (χ3n) is 2.92. The molecule has 1 amide bonds. The number of esters is 2. The molecule has 0 aliphatic carbocycles. The SMILES string of the molecule is CC1(C)OC(=O)C(=CNc2cc(SC(F)(F)F)cc(C(N)=O)c2)C(=O)O1. The fourth-order valence-corrected chi connectivity index (χ4v) is 2.59. The van der Waals surface area contributed by atoms with E-state index in [1.165, 1.54) is 19.9 Å². The summed E-state index contributed by atoms with van der Waals surface area (Å²) < 4.78 is 47.4. The molecule has 140 valence electrons. The van der Waals surface area contributed by atoms with Gasteiger partial charge in [0.1, 0.15) is 0 Å². The molecule has 26 heavy (non-hydrogen) atoms. The number of primary amides is 1. The van der Waals surface area contributed by atoms with Gasteiger partial charge in [0.2, 0.25) is 5.91 Å². The molecule has 0 saturated carbocycles. The summed E-state index contributed by atoms with van der Waals surface area (Å²) in [5.74, 6) is -4.29. The number of rotatable bonds is 4. The van der Waals surface area contributed by atoms with E-state index in [0.717, 1.165) is 18.3 Å². The van der Waals surface area contributed by atoms with Gasteiger partial charge >= 0.3 is 17.4 Å². The van der Waals surface area contributed by atoms with Gasteiger partial charge in [-0.25, -0.2) is 9.59 Å². The number of hydrogen-bond acceptors (Lipinski definition) is 7. The molecule has 1 aliphatic heterocycles. The number of anilines is 1. The van der Waals surface area contributed by atoms with Gasteiger partial charge in [0.25, 0.3) is 5.79 Å². The van der Waals surface area contributed by atoms with E-state index in [1.807, 2.05) is 0 Å². The summed E-state index contributed by atoms with van der Waals surface area (Å²) in [6.07, 6.45) is 0.919. The van der Waals surface area contributed by atoms with Crippen molar-refractivity contribution in [2.45, 2.75) is 30.0 Å². The van der Waals surface area contributed by atoms with Crippen LogP contribution < -0.4 is 11.1 Å². The molecule has 7 nitrogen and oxygen atoms in total. The van der Waals surface area contributed by atoms with Crippen molar-refractivity contribution < 1.29 is 37.0 Å². The van der Waals surface area contributed by atoms with Crippen molar-refractivity contribution in [1.82, 2.24) is 0 Å². The van der Waals surface area contributed by atoms with E-state index in [1.54, 1.807) is 0 Å². The van der Waals surface area contributed by atoms with Crippen LogP contribution in [0.3, 0.4) is 0 Å². The summed E-state index contributed by atoms with van der Waals surface area (Å²) >= 11 is -0.443. The number of amides is 1. The number of carbonyl (C=O) groups is 3. The highest BCUT2D eigenvalue weighted by Crippen LogP contribution is 2.38. The molecular weight excluding hydrogens is 377 g/mol. The van der Waals surface area contributed by atoms with Crippen LogP contribution in [0.1, 0.15) is 24.2 Å². The van der Waals surface area contributed by atoms with Crippen LogP contribution >= 0.6 is 11.8 Å². The van der Waals surface area contributed by atoms with Gasteiger partial charge < -0.3 is 20.5 Å². The largest absolute Gasteiger partial charge is 0.446 e. The standard InChI is InChI=1S/C15H13F3N2O5S/c1-14(2)24-12(22)10(13(23)25-14)6-20-8-3-7(11(19)21)4-9(5-8)26-15(16,17)18/h3-6,20H,1-2H3,(H2,19,21). The molecule has 0 bridgehead atoms. The minimum absolute atomic E-state index is 0.00554. The van der Waals surface area contributed by atoms with E-state index in [9.17, 15) is 27.6 Å². The molecule has 1 heterocycles. The minimum atomic E-state index is -4.57. The number of ether oxygens (including phenoxy) is 2. The van der Waals surface area contributed by atoms with Crippen molar-refractivity contribution in [1.29, 1.82) is 0 Å². The second-order valence-corrected chi connectivity index (χ2v) is 6.68. The Morgan fingerprint density at radius 2 is 1.77 bits per heavy atom. The summed E-state index contributed by atoms with van der Waals surface area (Å²) in [5.41, 5.74) is -0.134. The first-order valence-electron chi connectivity index (χ1n) is 7.00. The van der Waals surface area contributed by atoms with E-state index in [4.69, 9.17) is 15.2 Å². The lowest BCUT2D eigenvalue weighted by Crippen LogP contribution is -2.42. The Morgan fingerprint density at radius 3 is 2.27 bits per heavy atom. The fourth-order valence-electron chi connectivity index (χ4n) is 1.95. The van der Waals surface area contributed by atoms with Crippen molar-refractivity contribution in [3.8, 4) is 0 Å². The van der Waals surface area contributed by atoms with Gasteiger partial charge in [0, 0.05) is 36.2 Å². The number of cyclic esters (lactones) is 2. The molecule has 1 aromatic rings. The zero-order valence-electron chi connectivity index (χ0n) is 13.5. The number of halogens is 3. The fraction of sp³-hybridized carbons (Fsp3) is 0.267. The summed E-state index contributed by atoms with van der Waals surface area (Å²) in [5, 5.41) is 2.47. The smallest absolute Gasteiger partial charge is 0.419 e. The maximum atomic E-state index is 12.5. The lowest BCUT2D eigenvalue weighted by atomic mass is 10.2. The van der Waals surface area contributed by atoms with Crippen LogP contribution in [0.2, 0.25) is 0 Å². The van der Waals surface area contributed by atoms with Crippen LogP contribution in [0.4, 0.5) is 18.9 Å². The van der Waals surface area contributed by atoms with Crippen LogP contribution in [0.15, 0.2) is 34.9 Å². The van der Waals surface area contributed by atoms with Gasteiger partial charge in [0.15, 0.2) is 5.57 Å². The van der Waals surface area contributed by atoms with Gasteiger partial charge in [-0.15, -0.1) is 0 Å². The molecule has 11 heteroatoms. The third kappa shape index (κ3) is 5.15. The van der Waals surface area contributed by atoms with Gasteiger partial charge in [0.05, 0.1) is 0 Å². The van der Waals surface area contributed by atoms with E-state index in [-0.39, 0.29) is 16.1 Å². The van der Waals surface area contributed by atoms with Crippen molar-refractivity contribution in [3.63, 3.8) is 0 Å². The second-order valence-electron chi connectivity index (χ2n) is 5.54. The average molecular weight is 390 g/mol. The highest BCUT2D eigenvalue weighted by Gasteiger charge is 2.39. The molecule has 1 aromatic carbocycles. The second kappa shape index (κ2) is 6.90. The number of benzene rings is 1. The molecule has 1 saturated heterocycles. The van der Waals surface area contributed by atoms with Gasteiger partial charge in [-0.3, -0.25) is 4.79 Å². The van der Waals surface area contributed by atoms with Crippen LogP contribution in [-0.2, 0) is 19.1 Å². The first-order valence-corrected chi connectivity index (χ1v) is 7.82. The summed E-state index contributed by atoms with van der Waals surface area (Å²) in [7, 11) is 0. The van der Waals surface area contributed by atoms with Gasteiger partial charge in [-0.05, 0) is 30.0 Å². The first-order chi connectivity index (χ1) is 11.9. The monoisotopic (exact) mass is 390 g/mol. The van der Waals surface area contributed by atoms with E-state index in [0.29, 0.717) is 0 Å². The highest BCUT2D eigenvalue weighted by atomic mass is 32.2. The molecule has 2 rings (SSSR count). The molecule has 0 spiro atoms. The molecular formula is C15H13F3N2O5S. The Kier molecular flexibility index (Phi) is 5.21. The maximum absolute atomic E-state index is 12.5. The van der Waals surface area contributed by atoms with Crippen LogP contribution in [0, 0.1) is 0 Å². The quantitative estimate of drug-likeness (QED) is 0.352. The number of alkyl halides is 3. The van der Waals surface area contributed by atoms with Gasteiger partial charge in [-0.1, -0.05) is 0 Å². The topological polar surface area (TPSA) is 108 Å². The molecule has 0 unspecified atom stereocenters.